The van der Waals surface area contributed by atoms with Crippen LogP contribution in [0.2, 0.25) is 0 Å². The molecule has 132 valence electrons. The number of piperidine rings is 1. The molecule has 0 spiro atoms. The number of halogens is 3. The highest BCUT2D eigenvalue weighted by atomic mass is 19.2. The predicted molar refractivity (Wildman–Crippen MR) is 81.6 cm³/mol. The summed E-state index contributed by atoms with van der Waals surface area (Å²) in [4.78, 5) is 26.4. The SMILES string of the molecule is CC(=O)N1CCC(NC(=O)N(C)Cc2cc(F)c(F)c(F)c2)CC1. The van der Waals surface area contributed by atoms with E-state index in [9.17, 15) is 22.8 Å². The molecular weight excluding hydrogens is 323 g/mol. The minimum absolute atomic E-state index is 0.0113. The zero-order chi connectivity index (χ0) is 17.9. The largest absolute Gasteiger partial charge is 0.343 e. The molecular formula is C16H20F3N3O2. The lowest BCUT2D eigenvalue weighted by molar-refractivity contribution is -0.129. The summed E-state index contributed by atoms with van der Waals surface area (Å²) in [6.45, 7) is 2.62. The predicted octanol–water partition coefficient (Wildman–Crippen LogP) is 2.26. The Morgan fingerprint density at radius 3 is 2.25 bits per heavy atom. The van der Waals surface area contributed by atoms with Crippen molar-refractivity contribution in [3.63, 3.8) is 0 Å². The summed E-state index contributed by atoms with van der Waals surface area (Å²) in [5.74, 6) is -4.08. The molecule has 1 aromatic carbocycles. The first kappa shape index (κ1) is 18.1. The number of carbonyl (C=O) groups excluding carboxylic acids is 2. The first-order chi connectivity index (χ1) is 11.3. The summed E-state index contributed by atoms with van der Waals surface area (Å²) in [6, 6.07) is 1.29. The number of carbonyl (C=O) groups is 2. The minimum Gasteiger partial charge on any atom is -0.343 e. The summed E-state index contributed by atoms with van der Waals surface area (Å²) in [5, 5.41) is 2.83. The number of nitrogens with one attached hydrogen (secondary N) is 1. The van der Waals surface area contributed by atoms with E-state index in [-0.39, 0.29) is 30.1 Å². The Labute approximate surface area is 138 Å². The molecule has 3 amide bonds. The van der Waals surface area contributed by atoms with Crippen LogP contribution in [-0.4, -0.2) is 47.9 Å². The van der Waals surface area contributed by atoms with Gasteiger partial charge in [0.15, 0.2) is 17.5 Å². The number of likely N-dealkylation sites (tertiary alicyclic amines) is 1. The molecule has 1 aromatic rings. The third-order valence-corrected chi connectivity index (χ3v) is 4.08. The van der Waals surface area contributed by atoms with Crippen LogP contribution in [-0.2, 0) is 11.3 Å². The van der Waals surface area contributed by atoms with Crippen LogP contribution in [0, 0.1) is 17.5 Å². The lowest BCUT2D eigenvalue weighted by Crippen LogP contribution is -2.49. The topological polar surface area (TPSA) is 52.7 Å². The van der Waals surface area contributed by atoms with E-state index < -0.39 is 17.5 Å². The standard InChI is InChI=1S/C16H20F3N3O2/c1-10(23)22-5-3-12(4-6-22)20-16(24)21(2)9-11-7-13(17)15(19)14(18)8-11/h7-8,12H,3-6,9H2,1-2H3,(H,20,24). The highest BCUT2D eigenvalue weighted by Gasteiger charge is 2.23. The molecule has 0 saturated carbocycles. The second-order valence-corrected chi connectivity index (χ2v) is 5.96. The van der Waals surface area contributed by atoms with Gasteiger partial charge in [-0.05, 0) is 30.5 Å². The minimum atomic E-state index is -1.52. The molecule has 1 heterocycles. The molecule has 5 nitrogen and oxygen atoms in total. The zero-order valence-electron chi connectivity index (χ0n) is 13.6. The second-order valence-electron chi connectivity index (χ2n) is 5.96. The van der Waals surface area contributed by atoms with Crippen LogP contribution in [0.3, 0.4) is 0 Å². The second kappa shape index (κ2) is 7.55. The van der Waals surface area contributed by atoms with Gasteiger partial charge in [-0.2, -0.15) is 0 Å². The van der Waals surface area contributed by atoms with Gasteiger partial charge in [0, 0.05) is 39.6 Å². The Hall–Kier alpha value is -2.25. The first-order valence-corrected chi connectivity index (χ1v) is 7.68. The molecule has 0 aliphatic carbocycles. The van der Waals surface area contributed by atoms with Crippen molar-refractivity contribution in [3.8, 4) is 0 Å². The molecule has 0 aromatic heterocycles. The van der Waals surface area contributed by atoms with Gasteiger partial charge in [-0.25, -0.2) is 18.0 Å². The molecule has 0 radical (unpaired) electrons. The number of rotatable bonds is 3. The monoisotopic (exact) mass is 343 g/mol. The molecule has 1 aliphatic heterocycles. The van der Waals surface area contributed by atoms with Crippen molar-refractivity contribution in [3.05, 3.63) is 35.1 Å². The van der Waals surface area contributed by atoms with Crippen molar-refractivity contribution in [2.45, 2.75) is 32.4 Å². The maximum Gasteiger partial charge on any atom is 0.317 e. The van der Waals surface area contributed by atoms with Crippen molar-refractivity contribution in [1.29, 1.82) is 0 Å². The average molecular weight is 343 g/mol. The number of hydrogen-bond donors (Lipinski definition) is 1. The highest BCUT2D eigenvalue weighted by Crippen LogP contribution is 2.15. The molecule has 8 heteroatoms. The van der Waals surface area contributed by atoms with E-state index in [1.54, 1.807) is 4.90 Å². The van der Waals surface area contributed by atoms with Gasteiger partial charge >= 0.3 is 6.03 Å². The van der Waals surface area contributed by atoms with Gasteiger partial charge in [0.1, 0.15) is 0 Å². The van der Waals surface area contributed by atoms with Crippen molar-refractivity contribution in [1.82, 2.24) is 15.1 Å². The van der Waals surface area contributed by atoms with E-state index in [1.165, 1.54) is 18.9 Å². The Balaban J connectivity index is 1.88. The summed E-state index contributed by atoms with van der Waals surface area (Å²) in [5.41, 5.74) is 0.162. The molecule has 0 atom stereocenters. The summed E-state index contributed by atoms with van der Waals surface area (Å²) in [7, 11) is 1.49. The van der Waals surface area contributed by atoms with Gasteiger partial charge in [-0.15, -0.1) is 0 Å². The fourth-order valence-electron chi connectivity index (χ4n) is 2.67. The van der Waals surface area contributed by atoms with E-state index >= 15 is 0 Å². The average Bonchev–Trinajstić information content (AvgIpc) is 2.52. The molecule has 2 rings (SSSR count). The lowest BCUT2D eigenvalue weighted by Gasteiger charge is -2.32. The number of urea groups is 1. The fourth-order valence-corrected chi connectivity index (χ4v) is 2.67. The van der Waals surface area contributed by atoms with Crippen molar-refractivity contribution < 1.29 is 22.8 Å². The number of nitrogens with zero attached hydrogens (tertiary/aromatic N) is 2. The molecule has 1 N–H and O–H groups in total. The van der Waals surface area contributed by atoms with E-state index in [2.05, 4.69) is 5.32 Å². The zero-order valence-corrected chi connectivity index (χ0v) is 13.6. The third-order valence-electron chi connectivity index (χ3n) is 4.08. The maximum absolute atomic E-state index is 13.2. The van der Waals surface area contributed by atoms with Gasteiger partial charge in [0.2, 0.25) is 5.91 Å². The van der Waals surface area contributed by atoms with Gasteiger partial charge in [0.25, 0.3) is 0 Å². The van der Waals surface area contributed by atoms with E-state index in [1.807, 2.05) is 0 Å². The first-order valence-electron chi connectivity index (χ1n) is 7.68. The Bertz CT molecular complexity index is 608. The van der Waals surface area contributed by atoms with Gasteiger partial charge in [-0.1, -0.05) is 0 Å². The Morgan fingerprint density at radius 2 is 1.75 bits per heavy atom. The van der Waals surface area contributed by atoms with Gasteiger partial charge in [-0.3, -0.25) is 4.79 Å². The van der Waals surface area contributed by atoms with Gasteiger partial charge in [0.05, 0.1) is 0 Å². The Morgan fingerprint density at radius 1 is 1.21 bits per heavy atom. The van der Waals surface area contributed by atoms with Crippen LogP contribution in [0.25, 0.3) is 0 Å². The third kappa shape index (κ3) is 4.39. The van der Waals surface area contributed by atoms with Crippen molar-refractivity contribution in [2.24, 2.45) is 0 Å². The van der Waals surface area contributed by atoms with Crippen LogP contribution < -0.4 is 5.32 Å². The molecule has 24 heavy (non-hydrogen) atoms. The Kier molecular flexibility index (Phi) is 5.69. The summed E-state index contributed by atoms with van der Waals surface area (Å²) in [6.07, 6.45) is 1.30. The van der Waals surface area contributed by atoms with Crippen LogP contribution in [0.1, 0.15) is 25.3 Å². The number of hydrogen-bond acceptors (Lipinski definition) is 2. The molecule has 1 fully saturated rings. The van der Waals surface area contributed by atoms with Gasteiger partial charge < -0.3 is 15.1 Å². The smallest absolute Gasteiger partial charge is 0.317 e. The molecule has 0 bridgehead atoms. The van der Waals surface area contributed by atoms with Crippen molar-refractivity contribution in [2.75, 3.05) is 20.1 Å². The number of benzene rings is 1. The quantitative estimate of drug-likeness (QED) is 0.856. The molecule has 1 saturated heterocycles. The van der Waals surface area contributed by atoms with Crippen molar-refractivity contribution >= 4 is 11.9 Å². The molecule has 0 unspecified atom stereocenters. The van der Waals surface area contributed by atoms with E-state index in [0.717, 1.165) is 12.1 Å². The van der Waals surface area contributed by atoms with E-state index in [4.69, 9.17) is 0 Å². The highest BCUT2D eigenvalue weighted by molar-refractivity contribution is 5.75. The summed E-state index contributed by atoms with van der Waals surface area (Å²) < 4.78 is 39.3. The van der Waals surface area contributed by atoms with Crippen LogP contribution in [0.4, 0.5) is 18.0 Å². The number of amides is 3. The fraction of sp³-hybridized carbons (Fsp3) is 0.500. The summed E-state index contributed by atoms with van der Waals surface area (Å²) >= 11 is 0. The van der Waals surface area contributed by atoms with E-state index in [0.29, 0.717) is 25.9 Å². The molecule has 1 aliphatic rings. The maximum atomic E-state index is 13.2. The van der Waals surface area contributed by atoms with Crippen LogP contribution in [0.15, 0.2) is 12.1 Å². The lowest BCUT2D eigenvalue weighted by atomic mass is 10.1. The normalized spacial score (nSPS) is 15.3. The van der Waals surface area contributed by atoms with Crippen LogP contribution in [0.5, 0.6) is 0 Å². The van der Waals surface area contributed by atoms with Crippen LogP contribution >= 0.6 is 0 Å².